The number of allylic oxidation sites excluding steroid dienone is 5. The predicted molar refractivity (Wildman–Crippen MR) is 93.2 cm³/mol. The van der Waals surface area contributed by atoms with Gasteiger partial charge in [0, 0.05) is 12.6 Å². The van der Waals surface area contributed by atoms with E-state index in [1.807, 2.05) is 13.0 Å². The van der Waals surface area contributed by atoms with Gasteiger partial charge in [0.2, 0.25) is 5.91 Å². The highest BCUT2D eigenvalue weighted by atomic mass is 16.1. The van der Waals surface area contributed by atoms with E-state index in [0.717, 1.165) is 25.0 Å². The molecule has 21 heavy (non-hydrogen) atoms. The molecule has 1 unspecified atom stereocenters. The van der Waals surface area contributed by atoms with Gasteiger partial charge in [-0.1, -0.05) is 44.6 Å². The van der Waals surface area contributed by atoms with Crippen LogP contribution in [0, 0.1) is 11.8 Å². The Morgan fingerprint density at radius 3 is 2.38 bits per heavy atom. The fraction of sp³-hybridized carbons (Fsp3) is 0.632. The first kappa shape index (κ1) is 19.7. The van der Waals surface area contributed by atoms with Crippen molar-refractivity contribution in [1.82, 2.24) is 5.32 Å². The summed E-state index contributed by atoms with van der Waals surface area (Å²) in [5.74, 6) is 1.17. The first-order valence-electron chi connectivity index (χ1n) is 8.07. The van der Waals surface area contributed by atoms with Crippen LogP contribution in [0.3, 0.4) is 0 Å². The van der Waals surface area contributed by atoms with Crippen molar-refractivity contribution in [3.63, 3.8) is 0 Å². The average molecular weight is 291 g/mol. The van der Waals surface area contributed by atoms with Gasteiger partial charge in [0.1, 0.15) is 0 Å². The lowest BCUT2D eigenvalue weighted by molar-refractivity contribution is -0.116. The van der Waals surface area contributed by atoms with Crippen molar-refractivity contribution in [1.29, 1.82) is 0 Å². The second kappa shape index (κ2) is 11.4. The van der Waals surface area contributed by atoms with Crippen molar-refractivity contribution in [2.24, 2.45) is 11.8 Å². The van der Waals surface area contributed by atoms with Crippen LogP contribution in [-0.2, 0) is 4.79 Å². The molecule has 1 atom stereocenters. The second-order valence-corrected chi connectivity index (χ2v) is 6.63. The van der Waals surface area contributed by atoms with Crippen LogP contribution >= 0.6 is 0 Å². The summed E-state index contributed by atoms with van der Waals surface area (Å²) in [6, 6.07) is 0. The number of hydrogen-bond donors (Lipinski definition) is 1. The summed E-state index contributed by atoms with van der Waals surface area (Å²) in [4.78, 5) is 11.6. The smallest absolute Gasteiger partial charge is 0.244 e. The zero-order chi connectivity index (χ0) is 16.3. The van der Waals surface area contributed by atoms with Crippen LogP contribution in [0.5, 0.6) is 0 Å². The van der Waals surface area contributed by atoms with Gasteiger partial charge in [-0.25, -0.2) is 0 Å². The Morgan fingerprint density at radius 2 is 1.81 bits per heavy atom. The van der Waals surface area contributed by atoms with Gasteiger partial charge in [0.25, 0.3) is 0 Å². The van der Waals surface area contributed by atoms with E-state index >= 15 is 0 Å². The van der Waals surface area contributed by atoms with Gasteiger partial charge in [-0.15, -0.1) is 0 Å². The third-order valence-corrected chi connectivity index (χ3v) is 3.17. The molecule has 0 aromatic carbocycles. The maximum atomic E-state index is 11.6. The van der Waals surface area contributed by atoms with E-state index in [1.165, 1.54) is 12.0 Å². The van der Waals surface area contributed by atoms with Crippen LogP contribution < -0.4 is 5.32 Å². The van der Waals surface area contributed by atoms with Gasteiger partial charge >= 0.3 is 0 Å². The minimum Gasteiger partial charge on any atom is -0.352 e. The summed E-state index contributed by atoms with van der Waals surface area (Å²) in [6.45, 7) is 13.4. The number of amides is 1. The molecule has 0 aliphatic carbocycles. The zero-order valence-electron chi connectivity index (χ0n) is 14.7. The first-order valence-corrected chi connectivity index (χ1v) is 8.07. The van der Waals surface area contributed by atoms with Crippen molar-refractivity contribution >= 4 is 5.91 Å². The number of carbonyl (C=O) groups excluding carboxylic acids is 1. The Bertz CT molecular complexity index is 384. The molecule has 1 amide bonds. The molecule has 0 spiro atoms. The van der Waals surface area contributed by atoms with Gasteiger partial charge in [-0.3, -0.25) is 4.79 Å². The number of nitrogens with one attached hydrogen (secondary N) is 1. The van der Waals surface area contributed by atoms with Crippen LogP contribution in [0.4, 0.5) is 0 Å². The Hall–Kier alpha value is -1.31. The normalized spacial score (nSPS) is 13.6. The molecule has 0 rings (SSSR count). The Balaban J connectivity index is 4.05. The van der Waals surface area contributed by atoms with E-state index in [0.29, 0.717) is 11.8 Å². The second-order valence-electron chi connectivity index (χ2n) is 6.63. The summed E-state index contributed by atoms with van der Waals surface area (Å²) < 4.78 is 0. The van der Waals surface area contributed by atoms with Crippen molar-refractivity contribution in [3.8, 4) is 0 Å². The summed E-state index contributed by atoms with van der Waals surface area (Å²) in [5.41, 5.74) is 2.40. The van der Waals surface area contributed by atoms with Crippen molar-refractivity contribution in [2.45, 2.75) is 60.8 Å². The number of hydrogen-bond acceptors (Lipinski definition) is 1. The highest BCUT2D eigenvalue weighted by molar-refractivity contribution is 5.88. The lowest BCUT2D eigenvalue weighted by Gasteiger charge is -2.06. The third kappa shape index (κ3) is 13.4. The van der Waals surface area contributed by atoms with Gasteiger partial charge in [-0.05, 0) is 57.4 Å². The predicted octanol–water partition coefficient (Wildman–Crippen LogP) is 5.03. The topological polar surface area (TPSA) is 29.1 Å². The van der Waals surface area contributed by atoms with Gasteiger partial charge < -0.3 is 5.32 Å². The average Bonchev–Trinajstić information content (AvgIpc) is 2.35. The molecule has 0 fully saturated rings. The van der Waals surface area contributed by atoms with Crippen LogP contribution in [0.2, 0.25) is 0 Å². The maximum Gasteiger partial charge on any atom is 0.244 e. The molecule has 0 heterocycles. The first-order chi connectivity index (χ1) is 9.81. The molecule has 0 aromatic heterocycles. The van der Waals surface area contributed by atoms with E-state index in [1.54, 1.807) is 6.08 Å². The van der Waals surface area contributed by atoms with Crippen LogP contribution in [-0.4, -0.2) is 12.5 Å². The highest BCUT2D eigenvalue weighted by Crippen LogP contribution is 2.13. The molecule has 0 aromatic rings. The molecule has 0 aliphatic rings. The fourth-order valence-corrected chi connectivity index (χ4v) is 1.87. The van der Waals surface area contributed by atoms with Crippen molar-refractivity contribution in [2.75, 3.05) is 6.54 Å². The van der Waals surface area contributed by atoms with E-state index in [2.05, 4.69) is 52.1 Å². The Labute approximate surface area is 131 Å². The molecule has 0 bridgehead atoms. The van der Waals surface area contributed by atoms with E-state index < -0.39 is 0 Å². The molecule has 2 heteroatoms. The van der Waals surface area contributed by atoms with Gasteiger partial charge in [0.15, 0.2) is 0 Å². The molecule has 0 radical (unpaired) electrons. The monoisotopic (exact) mass is 291 g/mol. The van der Waals surface area contributed by atoms with Crippen molar-refractivity contribution in [3.05, 3.63) is 35.5 Å². The molecular weight excluding hydrogens is 258 g/mol. The van der Waals surface area contributed by atoms with E-state index in [4.69, 9.17) is 0 Å². The summed E-state index contributed by atoms with van der Waals surface area (Å²) in [6.07, 6.45) is 11.6. The number of rotatable bonds is 9. The molecule has 0 aliphatic heterocycles. The molecule has 120 valence electrons. The standard InChI is InChI=1S/C19H33NO/c1-15(2)9-7-10-17(5)11-8-12-18(6)13-19(21)20-14-16(3)4/h8-9,12-13,16-17H,7,10-11,14H2,1-6H3,(H,20,21)/b12-8+,18-13+. The molecule has 0 saturated heterocycles. The Morgan fingerprint density at radius 1 is 1.14 bits per heavy atom. The fourth-order valence-electron chi connectivity index (χ4n) is 1.87. The minimum atomic E-state index is 0.00227. The summed E-state index contributed by atoms with van der Waals surface area (Å²) in [7, 11) is 0. The molecule has 0 saturated carbocycles. The Kier molecular flexibility index (Phi) is 10.7. The maximum absolute atomic E-state index is 11.6. The third-order valence-electron chi connectivity index (χ3n) is 3.17. The van der Waals surface area contributed by atoms with Crippen LogP contribution in [0.1, 0.15) is 60.8 Å². The number of carbonyl (C=O) groups is 1. The zero-order valence-corrected chi connectivity index (χ0v) is 14.7. The molecular formula is C19H33NO. The highest BCUT2D eigenvalue weighted by Gasteiger charge is 2.00. The molecule has 1 N–H and O–H groups in total. The van der Waals surface area contributed by atoms with E-state index in [9.17, 15) is 4.79 Å². The summed E-state index contributed by atoms with van der Waals surface area (Å²) in [5, 5.41) is 2.89. The quantitative estimate of drug-likeness (QED) is 0.360. The molecule has 2 nitrogen and oxygen atoms in total. The van der Waals surface area contributed by atoms with Crippen LogP contribution in [0.15, 0.2) is 35.5 Å². The minimum absolute atomic E-state index is 0.00227. The largest absolute Gasteiger partial charge is 0.352 e. The lowest BCUT2D eigenvalue weighted by atomic mass is 10.0. The van der Waals surface area contributed by atoms with Crippen molar-refractivity contribution < 1.29 is 4.79 Å². The van der Waals surface area contributed by atoms with Crippen LogP contribution in [0.25, 0.3) is 0 Å². The van der Waals surface area contributed by atoms with Gasteiger partial charge in [0.05, 0.1) is 0 Å². The van der Waals surface area contributed by atoms with E-state index in [-0.39, 0.29) is 5.91 Å². The lowest BCUT2D eigenvalue weighted by Crippen LogP contribution is -2.25. The summed E-state index contributed by atoms with van der Waals surface area (Å²) >= 11 is 0. The SMILES string of the molecule is CC(C)=CCCC(C)C/C=C/C(C)=C/C(=O)NCC(C)C. The van der Waals surface area contributed by atoms with Gasteiger partial charge in [-0.2, -0.15) is 0 Å².